The van der Waals surface area contributed by atoms with Crippen molar-refractivity contribution in [2.75, 3.05) is 0 Å². The number of fused-ring (bicyclic) bond motifs is 1. The lowest BCUT2D eigenvalue weighted by molar-refractivity contribution is -0.128. The van der Waals surface area contributed by atoms with Gasteiger partial charge in [0.05, 0.1) is 11.1 Å². The van der Waals surface area contributed by atoms with E-state index < -0.39 is 5.97 Å². The number of carbonyl (C=O) groups excluding carboxylic acids is 1. The molecule has 3 aromatic rings. The van der Waals surface area contributed by atoms with E-state index in [-0.39, 0.29) is 5.43 Å². The van der Waals surface area contributed by atoms with Gasteiger partial charge < -0.3 is 13.9 Å². The highest BCUT2D eigenvalue weighted by atomic mass is 16.5. The van der Waals surface area contributed by atoms with Gasteiger partial charge in [0.15, 0.2) is 5.43 Å². The summed E-state index contributed by atoms with van der Waals surface area (Å²) in [5.41, 5.74) is 0.948. The molecule has 0 saturated carbocycles. The van der Waals surface area contributed by atoms with Crippen molar-refractivity contribution >= 4 is 16.9 Å². The number of hydrogen-bond donors (Lipinski definition) is 0. The van der Waals surface area contributed by atoms with E-state index in [2.05, 4.69) is 13.2 Å². The molecule has 0 atom stereocenters. The van der Waals surface area contributed by atoms with Gasteiger partial charge >= 0.3 is 5.97 Å². The van der Waals surface area contributed by atoms with Crippen LogP contribution in [0.25, 0.3) is 22.3 Å². The number of rotatable bonds is 5. The molecule has 5 nitrogen and oxygen atoms in total. The molecule has 0 unspecified atom stereocenters. The molecular formula is C21H16O5. The van der Waals surface area contributed by atoms with Crippen molar-refractivity contribution in [2.45, 2.75) is 6.92 Å². The van der Waals surface area contributed by atoms with Crippen LogP contribution in [-0.4, -0.2) is 5.97 Å². The van der Waals surface area contributed by atoms with Crippen LogP contribution in [0.1, 0.15) is 6.92 Å². The lowest BCUT2D eigenvalue weighted by Gasteiger charge is -2.07. The van der Waals surface area contributed by atoms with Crippen molar-refractivity contribution < 1.29 is 18.7 Å². The fourth-order valence-corrected chi connectivity index (χ4v) is 2.39. The minimum absolute atomic E-state index is 0.185. The summed E-state index contributed by atoms with van der Waals surface area (Å²) in [5.74, 6) is 1.31. The Kier molecular flexibility index (Phi) is 4.71. The molecule has 0 fully saturated rings. The van der Waals surface area contributed by atoms with E-state index in [1.54, 1.807) is 49.4 Å². The van der Waals surface area contributed by atoms with E-state index in [0.29, 0.717) is 39.6 Å². The molecule has 26 heavy (non-hydrogen) atoms. The maximum absolute atomic E-state index is 12.4. The van der Waals surface area contributed by atoms with Gasteiger partial charge in [-0.3, -0.25) is 4.79 Å². The van der Waals surface area contributed by atoms with Crippen LogP contribution >= 0.6 is 0 Å². The van der Waals surface area contributed by atoms with Crippen molar-refractivity contribution in [1.29, 1.82) is 0 Å². The highest BCUT2D eigenvalue weighted by Crippen LogP contribution is 2.26. The summed E-state index contributed by atoms with van der Waals surface area (Å²) in [6, 6.07) is 13.1. The monoisotopic (exact) mass is 348 g/mol. The van der Waals surface area contributed by atoms with E-state index in [9.17, 15) is 9.59 Å². The third kappa shape index (κ3) is 3.72. The molecule has 0 aliphatic heterocycles. The zero-order valence-corrected chi connectivity index (χ0v) is 14.2. The lowest BCUT2D eigenvalue weighted by atomic mass is 10.1. The number of benzene rings is 2. The third-order valence-electron chi connectivity index (χ3n) is 3.51. The standard InChI is InChI=1S/C21H16O5/c1-4-21(23)25-15-7-5-14(6-8-15)20-12-18(22)17-11-16(24-13(2)3)9-10-19(17)26-20/h4-12H,1-2H2,3H3. The Balaban J connectivity index is 1.96. The van der Waals surface area contributed by atoms with E-state index >= 15 is 0 Å². The number of esters is 1. The zero-order valence-electron chi connectivity index (χ0n) is 14.2. The second kappa shape index (κ2) is 7.11. The number of ether oxygens (including phenoxy) is 2. The highest BCUT2D eigenvalue weighted by molar-refractivity contribution is 5.83. The Bertz CT molecular complexity index is 1060. The van der Waals surface area contributed by atoms with E-state index in [4.69, 9.17) is 13.9 Å². The molecule has 5 heteroatoms. The van der Waals surface area contributed by atoms with Crippen molar-refractivity contribution in [3.8, 4) is 22.8 Å². The molecular weight excluding hydrogens is 332 g/mol. The molecule has 0 spiro atoms. The number of allylic oxidation sites excluding steroid dienone is 1. The Morgan fingerprint density at radius 3 is 2.38 bits per heavy atom. The first-order valence-electron chi connectivity index (χ1n) is 7.82. The summed E-state index contributed by atoms with van der Waals surface area (Å²) in [6.07, 6.45) is 1.09. The minimum atomic E-state index is -0.539. The third-order valence-corrected chi connectivity index (χ3v) is 3.51. The molecule has 1 heterocycles. The smallest absolute Gasteiger partial charge is 0.335 e. The second-order valence-electron chi connectivity index (χ2n) is 5.59. The SMILES string of the molecule is C=CC(=O)Oc1ccc(-c2cc(=O)c3cc(OC(=C)C)ccc3o2)cc1. The van der Waals surface area contributed by atoms with Crippen LogP contribution in [0.15, 0.2) is 82.7 Å². The quantitative estimate of drug-likeness (QED) is 0.295. The van der Waals surface area contributed by atoms with Gasteiger partial charge in [-0.2, -0.15) is 0 Å². The highest BCUT2D eigenvalue weighted by Gasteiger charge is 2.09. The van der Waals surface area contributed by atoms with E-state index in [0.717, 1.165) is 6.08 Å². The van der Waals surface area contributed by atoms with Crippen LogP contribution in [0.4, 0.5) is 0 Å². The first-order chi connectivity index (χ1) is 12.5. The van der Waals surface area contributed by atoms with Gasteiger partial charge in [0, 0.05) is 17.7 Å². The summed E-state index contributed by atoms with van der Waals surface area (Å²) in [4.78, 5) is 23.6. The Hall–Kier alpha value is -3.60. The van der Waals surface area contributed by atoms with E-state index in [1.807, 2.05) is 0 Å². The van der Waals surface area contributed by atoms with E-state index in [1.165, 1.54) is 6.07 Å². The van der Waals surface area contributed by atoms with Crippen molar-refractivity contribution in [3.63, 3.8) is 0 Å². The predicted molar refractivity (Wildman–Crippen MR) is 99.2 cm³/mol. The summed E-state index contributed by atoms with van der Waals surface area (Å²) >= 11 is 0. The van der Waals surface area contributed by atoms with Crippen LogP contribution < -0.4 is 14.9 Å². The van der Waals surface area contributed by atoms with Gasteiger partial charge in [0.1, 0.15) is 22.8 Å². The molecule has 0 radical (unpaired) electrons. The molecule has 0 amide bonds. The fourth-order valence-electron chi connectivity index (χ4n) is 2.39. The maximum atomic E-state index is 12.4. The molecule has 0 saturated heterocycles. The first-order valence-corrected chi connectivity index (χ1v) is 7.82. The Morgan fingerprint density at radius 1 is 1.04 bits per heavy atom. The summed E-state index contributed by atoms with van der Waals surface area (Å²) < 4.78 is 16.3. The van der Waals surface area contributed by atoms with Gasteiger partial charge in [-0.25, -0.2) is 4.79 Å². The first kappa shape index (κ1) is 17.2. The van der Waals surface area contributed by atoms with Gasteiger partial charge in [-0.05, 0) is 49.4 Å². The van der Waals surface area contributed by atoms with Crippen molar-refractivity contribution in [2.24, 2.45) is 0 Å². The number of hydrogen-bond acceptors (Lipinski definition) is 5. The maximum Gasteiger partial charge on any atom is 0.335 e. The second-order valence-corrected chi connectivity index (χ2v) is 5.59. The predicted octanol–water partition coefficient (Wildman–Crippen LogP) is 4.46. The van der Waals surface area contributed by atoms with Crippen LogP contribution in [0.3, 0.4) is 0 Å². The van der Waals surface area contributed by atoms with Crippen molar-refractivity contribution in [1.82, 2.24) is 0 Å². The molecule has 0 aliphatic rings. The summed E-state index contributed by atoms with van der Waals surface area (Å²) in [6.45, 7) is 8.75. The average Bonchev–Trinajstić information content (AvgIpc) is 2.62. The summed E-state index contributed by atoms with van der Waals surface area (Å²) in [7, 11) is 0. The summed E-state index contributed by atoms with van der Waals surface area (Å²) in [5, 5.41) is 0.420. The van der Waals surface area contributed by atoms with Crippen LogP contribution in [0, 0.1) is 0 Å². The Labute approximate surface area is 149 Å². The normalized spacial score (nSPS) is 10.3. The largest absolute Gasteiger partial charge is 0.463 e. The van der Waals surface area contributed by atoms with Crippen LogP contribution in [-0.2, 0) is 4.79 Å². The van der Waals surface area contributed by atoms with Gasteiger partial charge in [-0.1, -0.05) is 13.2 Å². The topological polar surface area (TPSA) is 65.7 Å². The van der Waals surface area contributed by atoms with Crippen molar-refractivity contribution in [3.05, 3.63) is 83.7 Å². The molecule has 1 aromatic heterocycles. The fraction of sp³-hybridized carbons (Fsp3) is 0.0476. The molecule has 3 rings (SSSR count). The van der Waals surface area contributed by atoms with Crippen LogP contribution in [0.2, 0.25) is 0 Å². The minimum Gasteiger partial charge on any atom is -0.463 e. The van der Waals surface area contributed by atoms with Gasteiger partial charge in [0.25, 0.3) is 0 Å². The van der Waals surface area contributed by atoms with Gasteiger partial charge in [-0.15, -0.1) is 0 Å². The molecule has 0 bridgehead atoms. The molecule has 0 aliphatic carbocycles. The molecule has 0 N–H and O–H groups in total. The number of carbonyl (C=O) groups is 1. The zero-order chi connectivity index (χ0) is 18.7. The molecule has 130 valence electrons. The Morgan fingerprint density at radius 2 is 1.73 bits per heavy atom. The molecule has 2 aromatic carbocycles. The van der Waals surface area contributed by atoms with Crippen LogP contribution in [0.5, 0.6) is 11.5 Å². The van der Waals surface area contributed by atoms with Gasteiger partial charge in [0.2, 0.25) is 0 Å². The lowest BCUT2D eigenvalue weighted by Crippen LogP contribution is -2.03. The average molecular weight is 348 g/mol.